The molecule has 0 spiro atoms. The Labute approximate surface area is 160 Å². The lowest BCUT2D eigenvalue weighted by molar-refractivity contribution is 0.122. The van der Waals surface area contributed by atoms with Gasteiger partial charge in [0.25, 0.3) is 0 Å². The zero-order valence-corrected chi connectivity index (χ0v) is 16.4. The minimum absolute atomic E-state index is 0.467. The van der Waals surface area contributed by atoms with Crippen LogP contribution in [0.25, 0.3) is 0 Å². The van der Waals surface area contributed by atoms with Crippen molar-refractivity contribution in [2.24, 2.45) is 4.99 Å². The number of rotatable bonds is 6. The van der Waals surface area contributed by atoms with E-state index in [2.05, 4.69) is 69.2 Å². The van der Waals surface area contributed by atoms with Gasteiger partial charge in [-0.25, -0.2) is 0 Å². The van der Waals surface area contributed by atoms with E-state index < -0.39 is 0 Å². The Hall–Kier alpha value is -2.05. The van der Waals surface area contributed by atoms with Gasteiger partial charge in [-0.3, -0.25) is 4.99 Å². The second-order valence-electron chi connectivity index (χ2n) is 6.45. The lowest BCUT2D eigenvalue weighted by Crippen LogP contribution is -2.40. The van der Waals surface area contributed by atoms with Gasteiger partial charge in [0.15, 0.2) is 5.96 Å². The molecule has 1 aromatic heterocycles. The molecular weight excluding hydrogens is 344 g/mol. The molecule has 140 valence electrons. The largest absolute Gasteiger partial charge is 0.378 e. The molecular formula is C20H28N4OS. The van der Waals surface area contributed by atoms with Crippen LogP contribution in [0.5, 0.6) is 0 Å². The lowest BCUT2D eigenvalue weighted by Gasteiger charge is -2.30. The number of anilines is 1. The van der Waals surface area contributed by atoms with Crippen molar-refractivity contribution in [2.45, 2.75) is 19.4 Å². The molecule has 1 fully saturated rings. The highest BCUT2D eigenvalue weighted by atomic mass is 32.1. The minimum atomic E-state index is 0.467. The van der Waals surface area contributed by atoms with Crippen LogP contribution in [-0.4, -0.2) is 45.9 Å². The predicted molar refractivity (Wildman–Crippen MR) is 110 cm³/mol. The van der Waals surface area contributed by atoms with Crippen LogP contribution in [0, 0.1) is 0 Å². The van der Waals surface area contributed by atoms with Gasteiger partial charge in [0, 0.05) is 49.7 Å². The van der Waals surface area contributed by atoms with Crippen LogP contribution in [0.15, 0.2) is 46.8 Å². The van der Waals surface area contributed by atoms with Gasteiger partial charge in [-0.05, 0) is 23.1 Å². The monoisotopic (exact) mass is 372 g/mol. The molecule has 0 bridgehead atoms. The summed E-state index contributed by atoms with van der Waals surface area (Å²) >= 11 is 1.80. The first-order chi connectivity index (χ1) is 12.8. The molecule has 2 aromatic rings. The molecule has 1 atom stereocenters. The summed E-state index contributed by atoms with van der Waals surface area (Å²) in [6.07, 6.45) is 0. The van der Waals surface area contributed by atoms with Crippen LogP contribution in [0.2, 0.25) is 0 Å². The number of nitrogens with one attached hydrogen (secondary N) is 2. The summed E-state index contributed by atoms with van der Waals surface area (Å²) in [5.74, 6) is 1.30. The highest BCUT2D eigenvalue weighted by Gasteiger charge is 2.14. The van der Waals surface area contributed by atoms with Gasteiger partial charge in [-0.1, -0.05) is 31.2 Å². The van der Waals surface area contributed by atoms with Crippen molar-refractivity contribution in [1.82, 2.24) is 10.6 Å². The van der Waals surface area contributed by atoms with E-state index in [0.29, 0.717) is 5.92 Å². The summed E-state index contributed by atoms with van der Waals surface area (Å²) in [6, 6.07) is 12.9. The fourth-order valence-corrected chi connectivity index (χ4v) is 3.88. The van der Waals surface area contributed by atoms with Crippen molar-refractivity contribution in [3.05, 3.63) is 52.2 Å². The number of hydrogen-bond acceptors (Lipinski definition) is 4. The molecule has 0 amide bonds. The summed E-state index contributed by atoms with van der Waals surface area (Å²) in [7, 11) is 1.82. The van der Waals surface area contributed by atoms with Crippen LogP contribution >= 0.6 is 11.3 Å². The second-order valence-corrected chi connectivity index (χ2v) is 7.43. The van der Waals surface area contributed by atoms with E-state index in [9.17, 15) is 0 Å². The van der Waals surface area contributed by atoms with E-state index in [1.54, 1.807) is 11.3 Å². The molecule has 6 heteroatoms. The van der Waals surface area contributed by atoms with Gasteiger partial charge >= 0.3 is 0 Å². The topological polar surface area (TPSA) is 48.9 Å². The highest BCUT2D eigenvalue weighted by Crippen LogP contribution is 2.21. The van der Waals surface area contributed by atoms with Crippen molar-refractivity contribution >= 4 is 23.0 Å². The summed E-state index contributed by atoms with van der Waals surface area (Å²) in [4.78, 5) is 8.16. The first kappa shape index (κ1) is 18.7. The minimum Gasteiger partial charge on any atom is -0.378 e. The van der Waals surface area contributed by atoms with E-state index >= 15 is 0 Å². The zero-order valence-electron chi connectivity index (χ0n) is 15.6. The number of hydrogen-bond donors (Lipinski definition) is 2. The van der Waals surface area contributed by atoms with Crippen LogP contribution in [0.1, 0.15) is 23.3 Å². The molecule has 5 nitrogen and oxygen atoms in total. The van der Waals surface area contributed by atoms with Gasteiger partial charge in [-0.15, -0.1) is 11.3 Å². The molecule has 1 aliphatic heterocycles. The maximum atomic E-state index is 5.48. The maximum absolute atomic E-state index is 5.48. The van der Waals surface area contributed by atoms with Gasteiger partial charge < -0.3 is 20.3 Å². The number of guanidine groups is 1. The summed E-state index contributed by atoms with van der Waals surface area (Å²) in [6.45, 7) is 7.34. The van der Waals surface area contributed by atoms with E-state index in [0.717, 1.165) is 45.4 Å². The molecule has 0 aliphatic carbocycles. The molecule has 0 saturated carbocycles. The van der Waals surface area contributed by atoms with Gasteiger partial charge in [0.05, 0.1) is 13.2 Å². The van der Waals surface area contributed by atoms with E-state index in [4.69, 9.17) is 4.74 Å². The smallest absolute Gasteiger partial charge is 0.191 e. The van der Waals surface area contributed by atoms with Gasteiger partial charge in [0.1, 0.15) is 0 Å². The maximum Gasteiger partial charge on any atom is 0.191 e. The first-order valence-electron chi connectivity index (χ1n) is 9.16. The van der Waals surface area contributed by atoms with Crippen molar-refractivity contribution in [3.8, 4) is 0 Å². The van der Waals surface area contributed by atoms with E-state index in [-0.39, 0.29) is 0 Å². The van der Waals surface area contributed by atoms with Crippen LogP contribution in [0.4, 0.5) is 5.69 Å². The Morgan fingerprint density at radius 3 is 2.73 bits per heavy atom. The second kappa shape index (κ2) is 9.59. The van der Waals surface area contributed by atoms with Crippen LogP contribution in [0.3, 0.4) is 0 Å². The third kappa shape index (κ3) is 4.99. The number of morpholine rings is 1. The van der Waals surface area contributed by atoms with Crippen molar-refractivity contribution < 1.29 is 4.74 Å². The molecule has 3 rings (SSSR count). The fourth-order valence-electron chi connectivity index (χ4n) is 3.09. The standard InChI is InChI=1S/C20H28N4OS/c1-16(19-8-5-13-26-19)14-22-20(21-2)23-15-17-6-3-4-7-18(17)24-9-11-25-12-10-24/h3-8,13,16H,9-12,14-15H2,1-2H3,(H2,21,22,23). The zero-order chi connectivity index (χ0) is 18.2. The molecule has 2 N–H and O–H groups in total. The molecule has 26 heavy (non-hydrogen) atoms. The third-order valence-electron chi connectivity index (χ3n) is 4.62. The lowest BCUT2D eigenvalue weighted by atomic mass is 10.1. The SMILES string of the molecule is CN=C(NCc1ccccc1N1CCOCC1)NCC(C)c1cccs1. The number of benzene rings is 1. The number of aliphatic imine (C=N–C) groups is 1. The van der Waals surface area contributed by atoms with Crippen LogP contribution < -0.4 is 15.5 Å². The highest BCUT2D eigenvalue weighted by molar-refractivity contribution is 7.10. The Kier molecular flexibility index (Phi) is 6.91. The molecule has 1 aromatic carbocycles. The molecule has 2 heterocycles. The molecule has 1 unspecified atom stereocenters. The number of nitrogens with zero attached hydrogens (tertiary/aromatic N) is 2. The van der Waals surface area contributed by atoms with E-state index in [1.807, 2.05) is 7.05 Å². The Balaban J connectivity index is 1.55. The summed E-state index contributed by atoms with van der Waals surface area (Å²) < 4.78 is 5.48. The fraction of sp³-hybridized carbons (Fsp3) is 0.450. The Morgan fingerprint density at radius 1 is 1.19 bits per heavy atom. The molecule has 1 aliphatic rings. The normalized spacial score (nSPS) is 16.4. The summed E-state index contributed by atoms with van der Waals surface area (Å²) in [5.41, 5.74) is 2.56. The van der Waals surface area contributed by atoms with Gasteiger partial charge in [0.2, 0.25) is 0 Å². The van der Waals surface area contributed by atoms with Crippen LogP contribution in [-0.2, 0) is 11.3 Å². The summed E-state index contributed by atoms with van der Waals surface area (Å²) in [5, 5.41) is 9.02. The van der Waals surface area contributed by atoms with Crippen molar-refractivity contribution in [1.29, 1.82) is 0 Å². The quantitative estimate of drug-likeness (QED) is 0.604. The predicted octanol–water partition coefficient (Wildman–Crippen LogP) is 3.05. The Bertz CT molecular complexity index is 696. The Morgan fingerprint density at radius 2 is 2.00 bits per heavy atom. The number of ether oxygens (including phenoxy) is 1. The van der Waals surface area contributed by atoms with E-state index in [1.165, 1.54) is 16.1 Å². The number of para-hydroxylation sites is 1. The first-order valence-corrected chi connectivity index (χ1v) is 10.0. The van der Waals surface area contributed by atoms with Crippen molar-refractivity contribution in [3.63, 3.8) is 0 Å². The molecule has 0 radical (unpaired) electrons. The van der Waals surface area contributed by atoms with Gasteiger partial charge in [-0.2, -0.15) is 0 Å². The molecule has 1 saturated heterocycles. The average molecular weight is 373 g/mol. The average Bonchev–Trinajstić information content (AvgIpc) is 3.24. The van der Waals surface area contributed by atoms with Crippen molar-refractivity contribution in [2.75, 3.05) is 44.8 Å². The number of thiophene rings is 1. The third-order valence-corrected chi connectivity index (χ3v) is 5.72.